The third kappa shape index (κ3) is 14.9. The first-order valence-corrected chi connectivity index (χ1v) is 21.8. The number of aliphatic carboxylic acids is 2. The molecule has 0 saturated carbocycles. The van der Waals surface area contributed by atoms with Crippen LogP contribution in [0.3, 0.4) is 0 Å². The molecule has 62 heavy (non-hydrogen) atoms. The van der Waals surface area contributed by atoms with E-state index in [0.29, 0.717) is 39.0 Å². The molecule has 2 amide bonds. The Morgan fingerprint density at radius 2 is 0.790 bits per heavy atom. The molecule has 2 aliphatic heterocycles. The average molecular weight is 851 g/mol. The first-order chi connectivity index (χ1) is 29.7. The molecule has 12 heteroatoms. The standard InChI is InChI=1S/2C24H32N2O2.C2H2O4/c2*1-3-23(27)26(19-21-10-6-4-7-11-21)18-20(2)25-16-14-24(28,15-17-25)22-12-8-5-9-13-22;3-1(4)2(5)6/h2*4-13,20,28H,3,14-19H2,1-2H3;(H,3,4)(H,5,6). The van der Waals surface area contributed by atoms with Crippen LogP contribution in [0.25, 0.3) is 0 Å². The predicted molar refractivity (Wildman–Crippen MR) is 241 cm³/mol. The van der Waals surface area contributed by atoms with E-state index >= 15 is 0 Å². The Hall–Kier alpha value is -5.40. The Bertz CT molecular complexity index is 1810. The van der Waals surface area contributed by atoms with Crippen molar-refractivity contribution in [3.8, 4) is 0 Å². The quantitative estimate of drug-likeness (QED) is 0.1000. The molecule has 0 aromatic heterocycles. The summed E-state index contributed by atoms with van der Waals surface area (Å²) in [7, 11) is 0. The number of carbonyl (C=O) groups excluding carboxylic acids is 2. The predicted octanol–water partition coefficient (Wildman–Crippen LogP) is 6.75. The van der Waals surface area contributed by atoms with Crippen molar-refractivity contribution in [1.29, 1.82) is 0 Å². The highest BCUT2D eigenvalue weighted by Gasteiger charge is 2.37. The summed E-state index contributed by atoms with van der Waals surface area (Å²) in [6.07, 6.45) is 3.94. The highest BCUT2D eigenvalue weighted by atomic mass is 16.4. The van der Waals surface area contributed by atoms with Gasteiger partial charge < -0.3 is 30.2 Å². The number of benzene rings is 4. The molecule has 12 nitrogen and oxygen atoms in total. The minimum Gasteiger partial charge on any atom is -0.473 e. The maximum atomic E-state index is 12.5. The van der Waals surface area contributed by atoms with Crippen molar-refractivity contribution in [1.82, 2.24) is 19.6 Å². The number of carboxylic acids is 2. The molecule has 2 atom stereocenters. The van der Waals surface area contributed by atoms with E-state index in [1.807, 2.05) is 121 Å². The summed E-state index contributed by atoms with van der Waals surface area (Å²) in [5.41, 5.74) is 2.87. The topological polar surface area (TPSA) is 162 Å². The summed E-state index contributed by atoms with van der Waals surface area (Å²) < 4.78 is 0. The molecule has 2 heterocycles. The highest BCUT2D eigenvalue weighted by Crippen LogP contribution is 2.34. The average Bonchev–Trinajstić information content (AvgIpc) is 3.30. The lowest BCUT2D eigenvalue weighted by molar-refractivity contribution is -0.159. The number of piperidine rings is 2. The van der Waals surface area contributed by atoms with Crippen molar-refractivity contribution in [3.63, 3.8) is 0 Å². The summed E-state index contributed by atoms with van der Waals surface area (Å²) >= 11 is 0. The zero-order valence-electron chi connectivity index (χ0n) is 36.8. The lowest BCUT2D eigenvalue weighted by Crippen LogP contribution is -2.50. The molecule has 0 radical (unpaired) electrons. The van der Waals surface area contributed by atoms with E-state index in [1.54, 1.807) is 0 Å². The van der Waals surface area contributed by atoms with Crippen molar-refractivity contribution in [2.45, 2.75) is 103 Å². The maximum Gasteiger partial charge on any atom is 0.414 e. The van der Waals surface area contributed by atoms with Crippen molar-refractivity contribution < 1.29 is 39.6 Å². The van der Waals surface area contributed by atoms with Gasteiger partial charge in [-0.05, 0) is 61.8 Å². The Labute approximate surface area is 367 Å². The lowest BCUT2D eigenvalue weighted by atomic mass is 9.84. The van der Waals surface area contributed by atoms with Crippen LogP contribution in [0.1, 0.15) is 88.5 Å². The minimum absolute atomic E-state index is 0.188. The smallest absolute Gasteiger partial charge is 0.414 e. The second-order valence-corrected chi connectivity index (χ2v) is 16.4. The highest BCUT2D eigenvalue weighted by molar-refractivity contribution is 6.27. The number of nitrogens with zero attached hydrogens (tertiary/aromatic N) is 4. The monoisotopic (exact) mass is 850 g/mol. The van der Waals surface area contributed by atoms with Crippen LogP contribution in [0.4, 0.5) is 0 Å². The van der Waals surface area contributed by atoms with Crippen molar-refractivity contribution >= 4 is 23.8 Å². The number of rotatable bonds is 14. The van der Waals surface area contributed by atoms with Gasteiger partial charge in [-0.1, -0.05) is 135 Å². The molecular weight excluding hydrogens is 785 g/mol. The van der Waals surface area contributed by atoms with Crippen LogP contribution in [0.5, 0.6) is 0 Å². The summed E-state index contributed by atoms with van der Waals surface area (Å²) in [5.74, 6) is -3.27. The van der Waals surface area contributed by atoms with E-state index in [2.05, 4.69) is 47.9 Å². The van der Waals surface area contributed by atoms with Gasteiger partial charge in [0.25, 0.3) is 0 Å². The van der Waals surface area contributed by atoms with Gasteiger partial charge in [0.05, 0.1) is 11.2 Å². The maximum absolute atomic E-state index is 12.5. The number of likely N-dealkylation sites (tertiary alicyclic amines) is 2. The summed E-state index contributed by atoms with van der Waals surface area (Å²) in [6, 6.07) is 40.8. The Morgan fingerprint density at radius 3 is 1.05 bits per heavy atom. The second kappa shape index (κ2) is 24.3. The molecule has 4 N–H and O–H groups in total. The number of aliphatic hydroxyl groups is 2. The van der Waals surface area contributed by atoms with Gasteiger partial charge in [0, 0.05) is 77.3 Å². The zero-order chi connectivity index (χ0) is 45.1. The Balaban J connectivity index is 0.000000241. The molecular formula is C50H66N4O8. The van der Waals surface area contributed by atoms with E-state index < -0.39 is 23.1 Å². The molecule has 0 spiro atoms. The van der Waals surface area contributed by atoms with Crippen molar-refractivity contribution in [2.24, 2.45) is 0 Å². The zero-order valence-corrected chi connectivity index (χ0v) is 36.8. The molecule has 0 aliphatic carbocycles. The number of amides is 2. The van der Waals surface area contributed by atoms with Gasteiger partial charge in [-0.15, -0.1) is 0 Å². The first-order valence-electron chi connectivity index (χ1n) is 21.8. The van der Waals surface area contributed by atoms with Crippen molar-refractivity contribution in [2.75, 3.05) is 39.3 Å². The van der Waals surface area contributed by atoms with Gasteiger partial charge in [0.2, 0.25) is 11.8 Å². The normalized spacial score (nSPS) is 16.8. The molecule has 334 valence electrons. The molecule has 2 unspecified atom stereocenters. The van der Waals surface area contributed by atoms with Crippen LogP contribution < -0.4 is 0 Å². The van der Waals surface area contributed by atoms with Crippen LogP contribution in [0, 0.1) is 0 Å². The fraction of sp³-hybridized carbons (Fsp3) is 0.440. The molecule has 4 aromatic carbocycles. The minimum atomic E-state index is -1.82. The van der Waals surface area contributed by atoms with E-state index in [4.69, 9.17) is 19.8 Å². The largest absolute Gasteiger partial charge is 0.473 e. The van der Waals surface area contributed by atoms with E-state index in [-0.39, 0.29) is 23.9 Å². The fourth-order valence-corrected chi connectivity index (χ4v) is 8.18. The molecule has 2 aliphatic rings. The van der Waals surface area contributed by atoms with Crippen LogP contribution >= 0.6 is 0 Å². The van der Waals surface area contributed by atoms with Gasteiger partial charge in [0.1, 0.15) is 0 Å². The molecule has 4 aromatic rings. The third-order valence-corrected chi connectivity index (χ3v) is 12.0. The number of hydrogen-bond acceptors (Lipinski definition) is 8. The molecule has 6 rings (SSSR count). The van der Waals surface area contributed by atoms with Crippen molar-refractivity contribution in [3.05, 3.63) is 144 Å². The van der Waals surface area contributed by atoms with E-state index in [9.17, 15) is 19.8 Å². The third-order valence-electron chi connectivity index (χ3n) is 12.0. The summed E-state index contributed by atoms with van der Waals surface area (Å²) in [5, 5.41) is 36.9. The fourth-order valence-electron chi connectivity index (χ4n) is 8.18. The molecule has 2 fully saturated rings. The number of carboxylic acid groups (broad SMARTS) is 2. The van der Waals surface area contributed by atoms with Gasteiger partial charge >= 0.3 is 11.9 Å². The SMILES string of the molecule is CCC(=O)N(Cc1ccccc1)CC(C)N1CCC(O)(c2ccccc2)CC1.CCC(=O)N(Cc1ccccc1)CC(C)N1CCC(O)(c2ccccc2)CC1.O=C(O)C(=O)O. The second-order valence-electron chi connectivity index (χ2n) is 16.4. The van der Waals surface area contributed by atoms with Gasteiger partial charge in [0.15, 0.2) is 0 Å². The van der Waals surface area contributed by atoms with Crippen LogP contribution in [0.15, 0.2) is 121 Å². The van der Waals surface area contributed by atoms with Crippen LogP contribution in [-0.4, -0.2) is 115 Å². The number of carbonyl (C=O) groups is 4. The summed E-state index contributed by atoms with van der Waals surface area (Å²) in [6.45, 7) is 14.3. The number of hydrogen-bond donors (Lipinski definition) is 4. The van der Waals surface area contributed by atoms with Gasteiger partial charge in [-0.3, -0.25) is 19.4 Å². The summed E-state index contributed by atoms with van der Waals surface area (Å²) in [4.78, 5) is 51.9. The Morgan fingerprint density at radius 1 is 0.516 bits per heavy atom. The van der Waals surface area contributed by atoms with Gasteiger partial charge in [-0.2, -0.15) is 0 Å². The first kappa shape index (κ1) is 49.3. The Kier molecular flexibility index (Phi) is 19.3. The lowest BCUT2D eigenvalue weighted by Gasteiger charge is -2.42. The molecule has 0 bridgehead atoms. The molecule has 2 saturated heterocycles. The van der Waals surface area contributed by atoms with Crippen LogP contribution in [0.2, 0.25) is 0 Å². The van der Waals surface area contributed by atoms with E-state index in [1.165, 1.54) is 0 Å². The van der Waals surface area contributed by atoms with Crippen LogP contribution in [-0.2, 0) is 43.5 Å². The van der Waals surface area contributed by atoms with Gasteiger partial charge in [-0.25, -0.2) is 9.59 Å². The van der Waals surface area contributed by atoms with E-state index in [0.717, 1.165) is 74.1 Å².